The Bertz CT molecular complexity index is 2750. The average Bonchev–Trinajstić information content (AvgIpc) is 4.13. The lowest BCUT2D eigenvalue weighted by Gasteiger charge is -2.28. The first-order valence-electron chi connectivity index (χ1n) is 20.0. The number of fused-ring (bicyclic) bond motifs is 3. The molecule has 4 aromatic carbocycles. The fourth-order valence-corrected chi connectivity index (χ4v) is 8.32. The number of amides is 2. The van der Waals surface area contributed by atoms with E-state index in [4.69, 9.17) is 9.72 Å². The van der Waals surface area contributed by atoms with Crippen LogP contribution in [0.4, 0.5) is 21.6 Å². The Hall–Kier alpha value is -6.70. The SMILES string of the molecule is CC.CN1CCOc2cc(-c3cccc4ccc(C(=O)Nc5nccs5)nc34)ccc21.O=C(Nc1nccs1)c1ccc2cccc(-c3cccc(N4CCCC4)c3)c2n1. The third-order valence-electron chi connectivity index (χ3n) is 10.2. The fourth-order valence-electron chi connectivity index (χ4n) is 7.28. The summed E-state index contributed by atoms with van der Waals surface area (Å²) in [7, 11) is 2.06. The quantitative estimate of drug-likeness (QED) is 0.161. The second-order valence-corrected chi connectivity index (χ2v) is 15.7. The summed E-state index contributed by atoms with van der Waals surface area (Å²) < 4.78 is 5.86. The monoisotopic (exact) mass is 832 g/mol. The minimum Gasteiger partial charge on any atom is -0.490 e. The van der Waals surface area contributed by atoms with Gasteiger partial charge in [0.1, 0.15) is 23.7 Å². The zero-order chi connectivity index (χ0) is 41.4. The second-order valence-electron chi connectivity index (χ2n) is 13.9. The van der Waals surface area contributed by atoms with E-state index in [0.29, 0.717) is 28.3 Å². The van der Waals surface area contributed by atoms with Crippen molar-refractivity contribution in [2.45, 2.75) is 26.7 Å². The number of carbonyl (C=O) groups excluding carboxylic acids is 2. The second kappa shape index (κ2) is 18.5. The molecule has 2 aliphatic rings. The standard InChI is InChI=1S/C23H20N4OS.C22H18N4O2S.C2H6/c28-22(26-23-24-11-14-29-23)20-10-9-16-5-4-8-19(21(16)25-20)17-6-3-7-18(15-17)27-12-1-2-13-27;1-26-10-11-28-19-13-15(6-8-18(19)26)16-4-2-3-14-5-7-17(24-20(14)16)21(27)25-22-23-9-12-29-22;1-2/h3-11,14-15H,1-2,12-13H2,(H,24,26,28);2-9,12-13H,10-11H2,1H3,(H,23,25,27);1-2H3. The molecule has 11 nitrogen and oxygen atoms in total. The van der Waals surface area contributed by atoms with Crippen LogP contribution in [0, 0.1) is 0 Å². The summed E-state index contributed by atoms with van der Waals surface area (Å²) in [6, 6.07) is 34.3. The predicted molar refractivity (Wildman–Crippen MR) is 246 cm³/mol. The van der Waals surface area contributed by atoms with Crippen molar-refractivity contribution in [2.24, 2.45) is 0 Å². The lowest BCUT2D eigenvalue weighted by Crippen LogP contribution is -2.28. The van der Waals surface area contributed by atoms with Gasteiger partial charge >= 0.3 is 0 Å². The number of nitrogens with one attached hydrogen (secondary N) is 2. The number of likely N-dealkylation sites (N-methyl/N-ethyl adjacent to an activating group) is 1. The Morgan fingerprint density at radius 1 is 0.650 bits per heavy atom. The van der Waals surface area contributed by atoms with E-state index in [1.807, 2.05) is 73.1 Å². The number of benzene rings is 4. The summed E-state index contributed by atoms with van der Waals surface area (Å²) in [6.45, 7) is 7.76. The minimum absolute atomic E-state index is 0.248. The molecule has 10 rings (SSSR count). The van der Waals surface area contributed by atoms with Gasteiger partial charge in [-0.25, -0.2) is 19.9 Å². The van der Waals surface area contributed by atoms with Crippen molar-refractivity contribution < 1.29 is 14.3 Å². The number of thiazole rings is 2. The molecule has 0 radical (unpaired) electrons. The number of nitrogens with zero attached hydrogens (tertiary/aromatic N) is 6. The van der Waals surface area contributed by atoms with Crippen LogP contribution in [-0.2, 0) is 0 Å². The van der Waals surface area contributed by atoms with Gasteiger partial charge < -0.3 is 14.5 Å². The molecule has 0 bridgehead atoms. The van der Waals surface area contributed by atoms with Crippen molar-refractivity contribution in [1.82, 2.24) is 19.9 Å². The van der Waals surface area contributed by atoms with Crippen LogP contribution in [0.15, 0.2) is 126 Å². The van der Waals surface area contributed by atoms with E-state index in [0.717, 1.165) is 75.1 Å². The smallest absolute Gasteiger partial charge is 0.276 e. The number of carbonyl (C=O) groups is 2. The van der Waals surface area contributed by atoms with Crippen LogP contribution >= 0.6 is 22.7 Å². The highest BCUT2D eigenvalue weighted by Gasteiger charge is 2.19. The Balaban J connectivity index is 0.000000160. The average molecular weight is 833 g/mol. The van der Waals surface area contributed by atoms with Gasteiger partial charge in [0.2, 0.25) is 0 Å². The van der Waals surface area contributed by atoms with Crippen LogP contribution < -0.4 is 25.2 Å². The highest BCUT2D eigenvalue weighted by atomic mass is 32.1. The number of para-hydroxylation sites is 2. The van der Waals surface area contributed by atoms with Crippen LogP contribution in [0.2, 0.25) is 0 Å². The van der Waals surface area contributed by atoms with Crippen LogP contribution in [0.25, 0.3) is 44.1 Å². The van der Waals surface area contributed by atoms with Gasteiger partial charge in [-0.15, -0.1) is 22.7 Å². The molecule has 13 heteroatoms. The van der Waals surface area contributed by atoms with Crippen molar-refractivity contribution >= 4 is 77.9 Å². The fraction of sp³-hybridized carbons (Fsp3) is 0.191. The van der Waals surface area contributed by atoms with Crippen LogP contribution in [-0.4, -0.2) is 65.0 Å². The number of ether oxygens (including phenoxy) is 1. The first-order valence-corrected chi connectivity index (χ1v) is 21.8. The summed E-state index contributed by atoms with van der Waals surface area (Å²) in [5.41, 5.74) is 8.80. The van der Waals surface area contributed by atoms with Crippen LogP contribution in [0.1, 0.15) is 47.7 Å². The summed E-state index contributed by atoms with van der Waals surface area (Å²) >= 11 is 2.76. The van der Waals surface area contributed by atoms with E-state index < -0.39 is 0 Å². The summed E-state index contributed by atoms with van der Waals surface area (Å²) in [4.78, 5) is 47.4. The topological polar surface area (TPSA) is 125 Å². The number of pyridine rings is 2. The molecule has 2 N–H and O–H groups in total. The maximum Gasteiger partial charge on any atom is 0.276 e. The molecular weight excluding hydrogens is 789 g/mol. The molecule has 6 heterocycles. The molecule has 0 aliphatic carbocycles. The zero-order valence-electron chi connectivity index (χ0n) is 33.6. The molecular formula is C47H44N8O3S2. The Morgan fingerprint density at radius 3 is 1.78 bits per heavy atom. The van der Waals surface area contributed by atoms with E-state index >= 15 is 0 Å². The van der Waals surface area contributed by atoms with Crippen molar-refractivity contribution in [2.75, 3.05) is 53.7 Å². The zero-order valence-corrected chi connectivity index (χ0v) is 35.2. The highest BCUT2D eigenvalue weighted by molar-refractivity contribution is 7.14. The van der Waals surface area contributed by atoms with Crippen molar-refractivity contribution in [3.8, 4) is 28.0 Å². The van der Waals surface area contributed by atoms with Crippen molar-refractivity contribution in [3.05, 3.63) is 138 Å². The Labute approximate surface area is 356 Å². The van der Waals surface area contributed by atoms with Gasteiger partial charge in [0.15, 0.2) is 10.3 Å². The first-order chi connectivity index (χ1) is 29.5. The molecule has 4 aromatic heterocycles. The number of aromatic nitrogens is 4. The number of rotatable bonds is 7. The van der Waals surface area contributed by atoms with Crippen LogP contribution in [0.3, 0.4) is 0 Å². The maximum absolute atomic E-state index is 12.6. The van der Waals surface area contributed by atoms with E-state index in [1.165, 1.54) is 41.2 Å². The Morgan fingerprint density at radius 2 is 1.22 bits per heavy atom. The molecule has 0 saturated carbocycles. The third kappa shape index (κ3) is 8.82. The van der Waals surface area contributed by atoms with Crippen LogP contribution in [0.5, 0.6) is 5.75 Å². The van der Waals surface area contributed by atoms with Crippen molar-refractivity contribution in [3.63, 3.8) is 0 Å². The third-order valence-corrected chi connectivity index (χ3v) is 11.6. The number of hydrogen-bond donors (Lipinski definition) is 2. The molecule has 0 spiro atoms. The van der Waals surface area contributed by atoms with Gasteiger partial charge in [0, 0.05) is 70.9 Å². The molecule has 1 saturated heterocycles. The normalized spacial score (nSPS) is 13.1. The van der Waals surface area contributed by atoms with E-state index in [9.17, 15) is 9.59 Å². The lowest BCUT2D eigenvalue weighted by atomic mass is 10.0. The van der Waals surface area contributed by atoms with Gasteiger partial charge in [-0.3, -0.25) is 20.2 Å². The minimum atomic E-state index is -0.271. The summed E-state index contributed by atoms with van der Waals surface area (Å²) in [5, 5.41) is 12.4. The van der Waals surface area contributed by atoms with E-state index in [2.05, 4.69) is 84.9 Å². The van der Waals surface area contributed by atoms with Gasteiger partial charge in [-0.2, -0.15) is 0 Å². The molecule has 302 valence electrons. The molecule has 0 unspecified atom stereocenters. The molecule has 1 fully saturated rings. The molecule has 60 heavy (non-hydrogen) atoms. The number of anilines is 4. The maximum atomic E-state index is 12.6. The predicted octanol–water partition coefficient (Wildman–Crippen LogP) is 10.7. The summed E-state index contributed by atoms with van der Waals surface area (Å²) in [6.07, 6.45) is 5.82. The first kappa shape index (κ1) is 40.1. The lowest BCUT2D eigenvalue weighted by molar-refractivity contribution is 0.101. The molecule has 0 atom stereocenters. The van der Waals surface area contributed by atoms with Gasteiger partial charge in [0.05, 0.1) is 23.3 Å². The van der Waals surface area contributed by atoms with Gasteiger partial charge in [-0.05, 0) is 60.4 Å². The number of hydrogen-bond acceptors (Lipinski definition) is 11. The molecule has 8 aromatic rings. The van der Waals surface area contributed by atoms with E-state index in [-0.39, 0.29) is 11.8 Å². The van der Waals surface area contributed by atoms with Gasteiger partial charge in [0.25, 0.3) is 11.8 Å². The van der Waals surface area contributed by atoms with Crippen molar-refractivity contribution in [1.29, 1.82) is 0 Å². The molecule has 2 aliphatic heterocycles. The summed E-state index contributed by atoms with van der Waals surface area (Å²) in [5.74, 6) is 0.348. The molecule has 2 amide bonds. The van der Waals surface area contributed by atoms with Gasteiger partial charge in [-0.1, -0.05) is 80.6 Å². The Kier molecular flexibility index (Phi) is 12.3. The largest absolute Gasteiger partial charge is 0.490 e. The highest BCUT2D eigenvalue weighted by Crippen LogP contribution is 2.37. The van der Waals surface area contributed by atoms with E-state index in [1.54, 1.807) is 24.5 Å².